The second-order valence-electron chi connectivity index (χ2n) is 7.26. The molecular formula is C25H19NO5S. The lowest BCUT2D eigenvalue weighted by atomic mass is 9.65. The summed E-state index contributed by atoms with van der Waals surface area (Å²) in [7, 11) is -4.71. The van der Waals surface area contributed by atoms with Gasteiger partial charge in [0.25, 0.3) is 15.8 Å². The van der Waals surface area contributed by atoms with E-state index in [9.17, 15) is 23.1 Å². The van der Waals surface area contributed by atoms with Crippen molar-refractivity contribution in [2.75, 3.05) is 0 Å². The first-order chi connectivity index (χ1) is 15.3. The van der Waals surface area contributed by atoms with E-state index in [-0.39, 0.29) is 16.1 Å². The largest absolute Gasteiger partial charge is 0.294 e. The van der Waals surface area contributed by atoms with E-state index < -0.39 is 20.5 Å². The molecule has 0 spiro atoms. The Morgan fingerprint density at radius 2 is 1.09 bits per heavy atom. The molecule has 32 heavy (non-hydrogen) atoms. The third kappa shape index (κ3) is 3.68. The maximum atomic E-state index is 12.5. The Morgan fingerprint density at radius 1 is 0.688 bits per heavy atom. The van der Waals surface area contributed by atoms with E-state index in [1.807, 2.05) is 91.0 Å². The lowest BCUT2D eigenvalue weighted by Crippen LogP contribution is -2.32. The first-order valence-electron chi connectivity index (χ1n) is 9.78. The van der Waals surface area contributed by atoms with Crippen molar-refractivity contribution >= 4 is 15.8 Å². The minimum absolute atomic E-state index is 0.0952. The van der Waals surface area contributed by atoms with Crippen LogP contribution in [-0.2, 0) is 15.5 Å². The molecule has 0 aliphatic carbocycles. The number of nitrogens with zero attached hydrogens (tertiary/aromatic N) is 1. The Hall–Kier alpha value is -3.81. The van der Waals surface area contributed by atoms with Crippen LogP contribution in [0.3, 0.4) is 0 Å². The molecule has 0 bridgehead atoms. The highest BCUT2D eigenvalue weighted by Gasteiger charge is 2.42. The van der Waals surface area contributed by atoms with Gasteiger partial charge in [-0.3, -0.25) is 14.7 Å². The molecule has 0 saturated carbocycles. The zero-order valence-electron chi connectivity index (χ0n) is 16.8. The van der Waals surface area contributed by atoms with E-state index in [0.717, 1.165) is 12.1 Å². The van der Waals surface area contributed by atoms with Gasteiger partial charge >= 0.3 is 0 Å². The average Bonchev–Trinajstić information content (AvgIpc) is 2.81. The van der Waals surface area contributed by atoms with E-state index in [0.29, 0.717) is 16.7 Å². The Kier molecular flexibility index (Phi) is 5.61. The van der Waals surface area contributed by atoms with Crippen molar-refractivity contribution in [2.45, 2.75) is 10.3 Å². The van der Waals surface area contributed by atoms with Gasteiger partial charge in [0.05, 0.1) is 15.2 Å². The molecule has 4 aromatic rings. The quantitative estimate of drug-likeness (QED) is 0.190. The maximum absolute atomic E-state index is 12.5. The third-order valence-corrected chi connectivity index (χ3v) is 6.39. The number of hydrogen-bond donors (Lipinski definition) is 1. The van der Waals surface area contributed by atoms with Gasteiger partial charge in [0.15, 0.2) is 0 Å². The highest BCUT2D eigenvalue weighted by molar-refractivity contribution is 7.85. The average molecular weight is 445 g/mol. The molecule has 0 atom stereocenters. The van der Waals surface area contributed by atoms with Crippen LogP contribution in [-0.4, -0.2) is 17.9 Å². The van der Waals surface area contributed by atoms with Gasteiger partial charge in [-0.25, -0.2) is 0 Å². The van der Waals surface area contributed by atoms with Crippen LogP contribution < -0.4 is 0 Å². The van der Waals surface area contributed by atoms with E-state index in [1.165, 1.54) is 6.07 Å². The Bertz CT molecular complexity index is 1260. The van der Waals surface area contributed by atoms with Crippen molar-refractivity contribution < 1.29 is 17.9 Å². The molecule has 6 nitrogen and oxygen atoms in total. The fourth-order valence-electron chi connectivity index (χ4n) is 4.18. The first kappa shape index (κ1) is 21.4. The first-order valence-corrected chi connectivity index (χ1v) is 11.2. The molecule has 0 radical (unpaired) electrons. The normalized spacial score (nSPS) is 11.8. The van der Waals surface area contributed by atoms with Gasteiger partial charge in [-0.2, -0.15) is 8.42 Å². The molecule has 4 aromatic carbocycles. The number of rotatable bonds is 6. The van der Waals surface area contributed by atoms with Crippen LogP contribution in [0, 0.1) is 10.1 Å². The number of non-ortho nitro benzene ring substituents is 1. The third-order valence-electron chi connectivity index (χ3n) is 5.48. The maximum Gasteiger partial charge on any atom is 0.294 e. The molecule has 0 aliphatic heterocycles. The van der Waals surface area contributed by atoms with Gasteiger partial charge < -0.3 is 0 Å². The predicted molar refractivity (Wildman–Crippen MR) is 121 cm³/mol. The summed E-state index contributed by atoms with van der Waals surface area (Å²) < 4.78 is 35.0. The summed E-state index contributed by atoms with van der Waals surface area (Å²) in [5.41, 5.74) is 0.659. The Morgan fingerprint density at radius 3 is 1.44 bits per heavy atom. The molecule has 7 heteroatoms. The van der Waals surface area contributed by atoms with Crippen molar-refractivity contribution in [1.29, 1.82) is 0 Å². The minimum atomic E-state index is -4.71. The summed E-state index contributed by atoms with van der Waals surface area (Å²) in [6.45, 7) is 0. The molecule has 4 rings (SSSR count). The van der Waals surface area contributed by atoms with Crippen LogP contribution in [0.4, 0.5) is 5.69 Å². The fraction of sp³-hybridized carbons (Fsp3) is 0.0400. The second-order valence-corrected chi connectivity index (χ2v) is 8.65. The van der Waals surface area contributed by atoms with E-state index in [2.05, 4.69) is 0 Å². The standard InChI is InChI=1S/C25H19NO5S/c27-26(28)22-16-17-24(32(29,30)31)23(18-22)25(19-10-4-1-5-11-19,20-12-6-2-7-13-20)21-14-8-3-9-15-21/h1-18H,(H,29,30,31). The highest BCUT2D eigenvalue weighted by atomic mass is 32.2. The van der Waals surface area contributed by atoms with Crippen LogP contribution in [0.5, 0.6) is 0 Å². The summed E-state index contributed by atoms with van der Waals surface area (Å²) in [4.78, 5) is 10.7. The summed E-state index contributed by atoms with van der Waals surface area (Å²) in [5.74, 6) is 0. The molecule has 0 saturated heterocycles. The molecule has 0 amide bonds. The molecule has 0 unspecified atom stereocenters. The Balaban J connectivity index is 2.27. The molecule has 0 fully saturated rings. The van der Waals surface area contributed by atoms with Crippen LogP contribution in [0.1, 0.15) is 22.3 Å². The molecule has 0 heterocycles. The lowest BCUT2D eigenvalue weighted by molar-refractivity contribution is -0.385. The second kappa shape index (κ2) is 8.37. The van der Waals surface area contributed by atoms with Gasteiger partial charge in [-0.1, -0.05) is 91.0 Å². The molecular weight excluding hydrogens is 426 g/mol. The topological polar surface area (TPSA) is 97.5 Å². The van der Waals surface area contributed by atoms with Crippen molar-refractivity contribution in [3.63, 3.8) is 0 Å². The lowest BCUT2D eigenvalue weighted by Gasteiger charge is -2.37. The molecule has 1 N–H and O–H groups in total. The zero-order chi connectivity index (χ0) is 22.8. The van der Waals surface area contributed by atoms with Gasteiger partial charge in [-0.05, 0) is 28.3 Å². The molecule has 160 valence electrons. The van der Waals surface area contributed by atoms with E-state index >= 15 is 0 Å². The monoisotopic (exact) mass is 445 g/mol. The van der Waals surface area contributed by atoms with Gasteiger partial charge in [0, 0.05) is 12.1 Å². The van der Waals surface area contributed by atoms with Crippen molar-refractivity contribution in [1.82, 2.24) is 0 Å². The highest BCUT2D eigenvalue weighted by Crippen LogP contribution is 2.47. The minimum Gasteiger partial charge on any atom is -0.282 e. The van der Waals surface area contributed by atoms with Crippen molar-refractivity contribution in [3.05, 3.63) is 142 Å². The molecule has 0 aliphatic rings. The smallest absolute Gasteiger partial charge is 0.282 e. The summed E-state index contributed by atoms with van der Waals surface area (Å²) >= 11 is 0. The van der Waals surface area contributed by atoms with Gasteiger partial charge in [0.1, 0.15) is 0 Å². The van der Waals surface area contributed by atoms with Crippen LogP contribution in [0.15, 0.2) is 114 Å². The number of nitro groups is 1. The van der Waals surface area contributed by atoms with E-state index in [1.54, 1.807) is 0 Å². The summed E-state index contributed by atoms with van der Waals surface area (Å²) in [6.07, 6.45) is 0. The summed E-state index contributed by atoms with van der Waals surface area (Å²) in [6, 6.07) is 30.9. The number of hydrogen-bond acceptors (Lipinski definition) is 4. The number of benzene rings is 4. The molecule has 0 aromatic heterocycles. The Labute approximate surface area is 185 Å². The SMILES string of the molecule is O=[N+]([O-])c1ccc(S(=O)(=O)O)c(C(c2ccccc2)(c2ccccc2)c2ccccc2)c1. The van der Waals surface area contributed by atoms with Crippen LogP contribution in [0.2, 0.25) is 0 Å². The fourth-order valence-corrected chi connectivity index (χ4v) is 4.91. The number of nitro benzene ring substituents is 1. The van der Waals surface area contributed by atoms with Crippen LogP contribution >= 0.6 is 0 Å². The van der Waals surface area contributed by atoms with Gasteiger partial charge in [-0.15, -0.1) is 0 Å². The van der Waals surface area contributed by atoms with Gasteiger partial charge in [0.2, 0.25) is 0 Å². The van der Waals surface area contributed by atoms with Crippen molar-refractivity contribution in [2.24, 2.45) is 0 Å². The van der Waals surface area contributed by atoms with E-state index in [4.69, 9.17) is 0 Å². The van der Waals surface area contributed by atoms with Crippen LogP contribution in [0.25, 0.3) is 0 Å². The zero-order valence-corrected chi connectivity index (χ0v) is 17.6. The predicted octanol–water partition coefficient (Wildman–Crippen LogP) is 5.22. The summed E-state index contributed by atoms with van der Waals surface area (Å²) in [5, 5.41) is 11.6. The van der Waals surface area contributed by atoms with Crippen molar-refractivity contribution in [3.8, 4) is 0 Å².